The molecule has 166 valence electrons. The lowest BCUT2D eigenvalue weighted by Crippen LogP contribution is -2.34. The van der Waals surface area contributed by atoms with Gasteiger partial charge in [0.25, 0.3) is 11.8 Å². The monoisotopic (exact) mass is 478 g/mol. The fourth-order valence-electron chi connectivity index (χ4n) is 2.98. The van der Waals surface area contributed by atoms with Gasteiger partial charge in [0.2, 0.25) is 11.7 Å². The Morgan fingerprint density at radius 3 is 2.73 bits per heavy atom. The van der Waals surface area contributed by atoms with Crippen molar-refractivity contribution in [2.45, 2.75) is 13.5 Å². The molecule has 0 spiro atoms. The number of nitrogens with zero attached hydrogens (tertiary/aromatic N) is 2. The maximum absolute atomic E-state index is 12.9. The minimum atomic E-state index is -0.484. The van der Waals surface area contributed by atoms with E-state index in [1.54, 1.807) is 42.5 Å². The predicted octanol–water partition coefficient (Wildman–Crippen LogP) is 4.85. The van der Waals surface area contributed by atoms with E-state index >= 15 is 0 Å². The zero-order valence-electron chi connectivity index (χ0n) is 17.5. The van der Waals surface area contributed by atoms with Crippen molar-refractivity contribution in [3.63, 3.8) is 0 Å². The number of aryl methyl sites for hydroxylation is 1. The number of benzene rings is 2. The highest BCUT2D eigenvalue weighted by molar-refractivity contribution is 7.10. The van der Waals surface area contributed by atoms with Crippen LogP contribution in [0.5, 0.6) is 0 Å². The van der Waals surface area contributed by atoms with Gasteiger partial charge in [0, 0.05) is 16.0 Å². The summed E-state index contributed by atoms with van der Waals surface area (Å²) in [5, 5.41) is 11.7. The fraction of sp³-hybridized carbons (Fsp3) is 0.0833. The molecule has 2 aromatic carbocycles. The maximum Gasteiger partial charge on any atom is 0.268 e. The second kappa shape index (κ2) is 10.2. The summed E-state index contributed by atoms with van der Waals surface area (Å²) in [6, 6.07) is 18.0. The van der Waals surface area contributed by atoms with Crippen molar-refractivity contribution in [3.8, 4) is 11.4 Å². The van der Waals surface area contributed by atoms with Gasteiger partial charge in [-0.25, -0.2) is 0 Å². The lowest BCUT2D eigenvalue weighted by atomic mass is 10.1. The van der Waals surface area contributed by atoms with Crippen LogP contribution in [0.3, 0.4) is 0 Å². The van der Waals surface area contributed by atoms with Crippen LogP contribution in [-0.4, -0.2) is 22.0 Å². The minimum Gasteiger partial charge on any atom is -0.342 e. The molecule has 2 heterocycles. The second-order valence-electron chi connectivity index (χ2n) is 7.07. The summed E-state index contributed by atoms with van der Waals surface area (Å²) in [5.74, 6) is -0.331. The molecule has 33 heavy (non-hydrogen) atoms. The summed E-state index contributed by atoms with van der Waals surface area (Å²) < 4.78 is 5.23. The third-order valence-corrected chi connectivity index (χ3v) is 5.73. The van der Waals surface area contributed by atoms with Gasteiger partial charge in [-0.05, 0) is 48.7 Å². The van der Waals surface area contributed by atoms with Crippen LogP contribution in [0.1, 0.15) is 26.7 Å². The molecule has 0 aliphatic heterocycles. The number of rotatable bonds is 7. The van der Waals surface area contributed by atoms with E-state index in [1.807, 2.05) is 36.6 Å². The number of carbonyl (C=O) groups excluding carboxylic acids is 2. The van der Waals surface area contributed by atoms with Crippen LogP contribution >= 0.6 is 22.9 Å². The normalized spacial score (nSPS) is 11.3. The van der Waals surface area contributed by atoms with Crippen LogP contribution in [0.15, 0.2) is 76.3 Å². The van der Waals surface area contributed by atoms with E-state index in [-0.39, 0.29) is 24.0 Å². The van der Waals surface area contributed by atoms with Crippen molar-refractivity contribution >= 4 is 40.8 Å². The molecule has 0 saturated carbocycles. The van der Waals surface area contributed by atoms with E-state index in [4.69, 9.17) is 16.1 Å². The third kappa shape index (κ3) is 5.74. The number of halogens is 1. The van der Waals surface area contributed by atoms with Gasteiger partial charge in [-0.3, -0.25) is 9.59 Å². The molecule has 7 nitrogen and oxygen atoms in total. The average molecular weight is 479 g/mol. The number of aromatic nitrogens is 2. The summed E-state index contributed by atoms with van der Waals surface area (Å²) in [6.07, 6.45) is 1.62. The van der Waals surface area contributed by atoms with E-state index < -0.39 is 5.91 Å². The highest BCUT2D eigenvalue weighted by atomic mass is 35.5. The molecule has 0 aliphatic carbocycles. The average Bonchev–Trinajstić information content (AvgIpc) is 3.49. The molecule has 2 amide bonds. The summed E-state index contributed by atoms with van der Waals surface area (Å²) in [5.41, 5.74) is 2.14. The molecule has 0 atom stereocenters. The van der Waals surface area contributed by atoms with E-state index in [1.165, 1.54) is 11.3 Å². The first-order valence-electron chi connectivity index (χ1n) is 9.98. The number of nitrogens with one attached hydrogen (secondary N) is 2. The Hall–Kier alpha value is -3.75. The first-order valence-corrected chi connectivity index (χ1v) is 11.2. The van der Waals surface area contributed by atoms with E-state index in [9.17, 15) is 9.59 Å². The lowest BCUT2D eigenvalue weighted by Gasteiger charge is -2.10. The molecular weight excluding hydrogens is 460 g/mol. The van der Waals surface area contributed by atoms with Crippen LogP contribution in [0.4, 0.5) is 0 Å². The van der Waals surface area contributed by atoms with Crippen LogP contribution in [0.2, 0.25) is 5.02 Å². The van der Waals surface area contributed by atoms with Crippen molar-refractivity contribution in [1.29, 1.82) is 0 Å². The predicted molar refractivity (Wildman–Crippen MR) is 128 cm³/mol. The second-order valence-corrected chi connectivity index (χ2v) is 8.46. The van der Waals surface area contributed by atoms with Crippen LogP contribution in [0, 0.1) is 6.92 Å². The minimum absolute atomic E-state index is 0.0155. The first kappa shape index (κ1) is 22.4. The van der Waals surface area contributed by atoms with Gasteiger partial charge < -0.3 is 15.2 Å². The first-order chi connectivity index (χ1) is 16.0. The van der Waals surface area contributed by atoms with Crippen molar-refractivity contribution in [1.82, 2.24) is 20.8 Å². The molecule has 0 bridgehead atoms. The Labute approximate surface area is 199 Å². The van der Waals surface area contributed by atoms with Gasteiger partial charge in [-0.15, -0.1) is 11.3 Å². The number of thiophene rings is 1. The highest BCUT2D eigenvalue weighted by Crippen LogP contribution is 2.24. The van der Waals surface area contributed by atoms with E-state index in [2.05, 4.69) is 20.8 Å². The number of hydrogen-bond donors (Lipinski definition) is 2. The highest BCUT2D eigenvalue weighted by Gasteiger charge is 2.17. The summed E-state index contributed by atoms with van der Waals surface area (Å²) in [7, 11) is 0. The fourth-order valence-corrected chi connectivity index (χ4v) is 3.86. The molecule has 0 fully saturated rings. The van der Waals surface area contributed by atoms with Crippen molar-refractivity contribution in [3.05, 3.63) is 98.7 Å². The topological polar surface area (TPSA) is 97.1 Å². The molecule has 0 aliphatic rings. The van der Waals surface area contributed by atoms with Gasteiger partial charge in [0.15, 0.2) is 0 Å². The summed E-state index contributed by atoms with van der Waals surface area (Å²) >= 11 is 7.63. The SMILES string of the molecule is Cc1cccc(C(=O)N/C(=C\c2cccs2)C(=O)NCc2nc(-c3ccccc3Cl)no2)c1. The maximum atomic E-state index is 12.9. The van der Waals surface area contributed by atoms with Crippen LogP contribution < -0.4 is 10.6 Å². The van der Waals surface area contributed by atoms with Crippen molar-refractivity contribution in [2.24, 2.45) is 0 Å². The molecule has 9 heteroatoms. The molecule has 0 saturated heterocycles. The number of carbonyl (C=O) groups is 2. The zero-order chi connectivity index (χ0) is 23.2. The van der Waals surface area contributed by atoms with Crippen molar-refractivity contribution in [2.75, 3.05) is 0 Å². The zero-order valence-corrected chi connectivity index (χ0v) is 19.1. The molecule has 0 radical (unpaired) electrons. The van der Waals surface area contributed by atoms with Gasteiger partial charge in [0.05, 0.1) is 11.6 Å². The Kier molecular flexibility index (Phi) is 6.97. The van der Waals surface area contributed by atoms with Gasteiger partial charge >= 0.3 is 0 Å². The Morgan fingerprint density at radius 2 is 1.97 bits per heavy atom. The quantitative estimate of drug-likeness (QED) is 0.370. The molecule has 2 N–H and O–H groups in total. The smallest absolute Gasteiger partial charge is 0.268 e. The molecule has 4 aromatic rings. The molecule has 2 aromatic heterocycles. The standard InChI is InChI=1S/C24H19ClN4O3S/c1-15-6-4-7-16(12-15)23(30)27-20(13-17-8-5-11-33-17)24(31)26-14-21-28-22(29-32-21)18-9-2-3-10-19(18)25/h2-13H,14H2,1H3,(H,26,31)(H,27,30)/b20-13-. The summed E-state index contributed by atoms with van der Waals surface area (Å²) in [6.45, 7) is 1.88. The van der Waals surface area contributed by atoms with Crippen LogP contribution in [-0.2, 0) is 11.3 Å². The van der Waals surface area contributed by atoms with E-state index in [0.29, 0.717) is 22.0 Å². The van der Waals surface area contributed by atoms with Gasteiger partial charge in [0.1, 0.15) is 5.70 Å². The lowest BCUT2D eigenvalue weighted by molar-refractivity contribution is -0.118. The Balaban J connectivity index is 1.48. The summed E-state index contributed by atoms with van der Waals surface area (Å²) in [4.78, 5) is 30.7. The Morgan fingerprint density at radius 1 is 1.12 bits per heavy atom. The van der Waals surface area contributed by atoms with Crippen molar-refractivity contribution < 1.29 is 14.1 Å². The number of amides is 2. The van der Waals surface area contributed by atoms with E-state index in [0.717, 1.165) is 10.4 Å². The molecular formula is C24H19ClN4O3S. The van der Waals surface area contributed by atoms with Gasteiger partial charge in [-0.1, -0.05) is 52.7 Å². The largest absolute Gasteiger partial charge is 0.342 e. The molecule has 0 unspecified atom stereocenters. The van der Waals surface area contributed by atoms with Crippen LogP contribution in [0.25, 0.3) is 17.5 Å². The third-order valence-electron chi connectivity index (χ3n) is 4.59. The Bertz CT molecular complexity index is 1310. The molecule has 4 rings (SSSR count). The number of hydrogen-bond acceptors (Lipinski definition) is 6. The van der Waals surface area contributed by atoms with Gasteiger partial charge in [-0.2, -0.15) is 4.98 Å².